The molecule has 1 heterocycles. The molecule has 0 fully saturated rings. The Morgan fingerprint density at radius 2 is 2.31 bits per heavy atom. The molecule has 0 aromatic carbocycles. The number of nitrogens with zero attached hydrogens (tertiary/aromatic N) is 1. The van der Waals surface area contributed by atoms with Crippen LogP contribution in [0.1, 0.15) is 24.3 Å². The van der Waals surface area contributed by atoms with E-state index in [1.54, 1.807) is 0 Å². The first kappa shape index (κ1) is 12.4. The van der Waals surface area contributed by atoms with Gasteiger partial charge in [-0.3, -0.25) is 4.79 Å². The summed E-state index contributed by atoms with van der Waals surface area (Å²) in [7, 11) is 0. The lowest BCUT2D eigenvalue weighted by Gasteiger charge is -2.12. The van der Waals surface area contributed by atoms with Crippen molar-refractivity contribution in [1.29, 1.82) is 0 Å². The number of hydrogen-bond donors (Lipinski definition) is 3. The molecule has 1 aromatic rings. The largest absolute Gasteiger partial charge is 0.476 e. The number of thiazole rings is 1. The predicted octanol–water partition coefficient (Wildman–Crippen LogP) is 0.778. The number of rotatable bonds is 5. The van der Waals surface area contributed by atoms with E-state index in [-0.39, 0.29) is 17.6 Å². The molecular formula is C9H13N3O3S. The molecule has 1 rings (SSSR count). The highest BCUT2D eigenvalue weighted by Gasteiger charge is 2.09. The number of anilines is 1. The van der Waals surface area contributed by atoms with Crippen LogP contribution in [-0.2, 0) is 4.79 Å². The highest BCUT2D eigenvalue weighted by molar-refractivity contribution is 7.13. The Bertz CT molecular complexity index is 391. The Balaban J connectivity index is 2.42. The van der Waals surface area contributed by atoms with E-state index in [1.165, 1.54) is 23.6 Å². The van der Waals surface area contributed by atoms with Crippen molar-refractivity contribution in [2.75, 3.05) is 11.9 Å². The summed E-state index contributed by atoms with van der Waals surface area (Å²) in [4.78, 5) is 25.1. The summed E-state index contributed by atoms with van der Waals surface area (Å²) in [5.74, 6) is -1.14. The number of carbonyl (C=O) groups excluding carboxylic acids is 1. The molecule has 0 saturated carbocycles. The maximum Gasteiger partial charge on any atom is 0.355 e. The molecular weight excluding hydrogens is 230 g/mol. The fourth-order valence-corrected chi connectivity index (χ4v) is 1.79. The highest BCUT2D eigenvalue weighted by Crippen LogP contribution is 2.14. The van der Waals surface area contributed by atoms with Gasteiger partial charge in [0.1, 0.15) is 0 Å². The van der Waals surface area contributed by atoms with Gasteiger partial charge < -0.3 is 15.7 Å². The number of nitrogens with one attached hydrogen (secondary N) is 2. The van der Waals surface area contributed by atoms with Crippen molar-refractivity contribution >= 4 is 28.3 Å². The molecule has 0 aliphatic rings. The fourth-order valence-electron chi connectivity index (χ4n) is 1.09. The molecule has 0 bridgehead atoms. The first-order valence-electron chi connectivity index (χ1n) is 4.69. The lowest BCUT2D eigenvalue weighted by molar-refractivity contribution is -0.119. The van der Waals surface area contributed by atoms with Crippen LogP contribution < -0.4 is 10.6 Å². The Labute approximate surface area is 96.7 Å². The quantitative estimate of drug-likeness (QED) is 0.710. The molecule has 1 aromatic heterocycles. The van der Waals surface area contributed by atoms with E-state index in [0.29, 0.717) is 11.7 Å². The Kier molecular flexibility index (Phi) is 4.24. The van der Waals surface area contributed by atoms with E-state index < -0.39 is 5.97 Å². The fraction of sp³-hybridized carbons (Fsp3) is 0.444. The summed E-state index contributed by atoms with van der Waals surface area (Å²) in [6.45, 7) is 3.80. The number of carbonyl (C=O) groups is 2. The predicted molar refractivity (Wildman–Crippen MR) is 60.8 cm³/mol. The van der Waals surface area contributed by atoms with Gasteiger partial charge in [-0.1, -0.05) is 0 Å². The van der Waals surface area contributed by atoms with E-state index in [2.05, 4.69) is 15.6 Å². The van der Waals surface area contributed by atoms with Crippen LogP contribution >= 0.6 is 11.3 Å². The third-order valence-electron chi connectivity index (χ3n) is 1.73. The molecule has 6 nitrogen and oxygen atoms in total. The summed E-state index contributed by atoms with van der Waals surface area (Å²) < 4.78 is 0. The molecule has 1 atom stereocenters. The highest BCUT2D eigenvalue weighted by atomic mass is 32.1. The molecule has 3 N–H and O–H groups in total. The van der Waals surface area contributed by atoms with Crippen LogP contribution in [0.15, 0.2) is 5.38 Å². The summed E-state index contributed by atoms with van der Waals surface area (Å²) in [6, 6.07) is -0.0327. The van der Waals surface area contributed by atoms with Crippen LogP contribution in [0.2, 0.25) is 0 Å². The van der Waals surface area contributed by atoms with E-state index in [0.717, 1.165) is 0 Å². The van der Waals surface area contributed by atoms with Gasteiger partial charge in [-0.2, -0.15) is 0 Å². The minimum atomic E-state index is -1.04. The topological polar surface area (TPSA) is 91.3 Å². The van der Waals surface area contributed by atoms with Crippen molar-refractivity contribution < 1.29 is 14.7 Å². The standard InChI is InChI=1S/C9H13N3O3S/c1-5(11-6(2)13)3-10-9-12-7(4-16-9)8(14)15/h4-5H,3H2,1-2H3,(H,10,12)(H,11,13)(H,14,15). The van der Waals surface area contributed by atoms with Crippen LogP contribution in [0.25, 0.3) is 0 Å². The molecule has 88 valence electrons. The lowest BCUT2D eigenvalue weighted by Crippen LogP contribution is -2.35. The van der Waals surface area contributed by atoms with Crippen molar-refractivity contribution in [2.24, 2.45) is 0 Å². The number of carboxylic acid groups (broad SMARTS) is 1. The van der Waals surface area contributed by atoms with Gasteiger partial charge in [0.05, 0.1) is 0 Å². The maximum absolute atomic E-state index is 10.7. The van der Waals surface area contributed by atoms with Crippen LogP contribution in [-0.4, -0.2) is 34.6 Å². The first-order chi connectivity index (χ1) is 7.49. The monoisotopic (exact) mass is 243 g/mol. The normalized spacial score (nSPS) is 11.9. The number of aromatic carboxylic acids is 1. The first-order valence-corrected chi connectivity index (χ1v) is 5.57. The molecule has 7 heteroatoms. The maximum atomic E-state index is 10.7. The minimum Gasteiger partial charge on any atom is -0.476 e. The lowest BCUT2D eigenvalue weighted by atomic mass is 10.3. The molecule has 16 heavy (non-hydrogen) atoms. The van der Waals surface area contributed by atoms with Crippen LogP contribution in [0.4, 0.5) is 5.13 Å². The summed E-state index contributed by atoms with van der Waals surface area (Å²) in [5, 5.41) is 16.3. The molecule has 0 spiro atoms. The van der Waals surface area contributed by atoms with Crippen molar-refractivity contribution in [1.82, 2.24) is 10.3 Å². The van der Waals surface area contributed by atoms with Gasteiger partial charge in [-0.15, -0.1) is 11.3 Å². The molecule has 0 aliphatic carbocycles. The molecule has 0 radical (unpaired) electrons. The molecule has 0 saturated heterocycles. The summed E-state index contributed by atoms with van der Waals surface area (Å²) in [5.41, 5.74) is 0.0275. The van der Waals surface area contributed by atoms with Crippen LogP contribution in [0, 0.1) is 0 Å². The second-order valence-corrected chi connectivity index (χ2v) is 4.18. The van der Waals surface area contributed by atoms with Gasteiger partial charge in [0.15, 0.2) is 10.8 Å². The average Bonchev–Trinajstić information content (AvgIpc) is 2.61. The smallest absolute Gasteiger partial charge is 0.355 e. The van der Waals surface area contributed by atoms with Gasteiger partial charge in [0, 0.05) is 24.9 Å². The van der Waals surface area contributed by atoms with E-state index >= 15 is 0 Å². The Morgan fingerprint density at radius 3 is 2.81 bits per heavy atom. The van der Waals surface area contributed by atoms with Gasteiger partial charge in [-0.05, 0) is 6.92 Å². The molecule has 0 aliphatic heterocycles. The molecule has 1 amide bonds. The Morgan fingerprint density at radius 1 is 1.62 bits per heavy atom. The van der Waals surface area contributed by atoms with Gasteiger partial charge in [-0.25, -0.2) is 9.78 Å². The van der Waals surface area contributed by atoms with E-state index in [1.807, 2.05) is 6.92 Å². The van der Waals surface area contributed by atoms with Crippen LogP contribution in [0.3, 0.4) is 0 Å². The summed E-state index contributed by atoms with van der Waals surface area (Å²) >= 11 is 1.22. The second kappa shape index (κ2) is 5.45. The average molecular weight is 243 g/mol. The van der Waals surface area contributed by atoms with Gasteiger partial charge in [0.25, 0.3) is 0 Å². The summed E-state index contributed by atoms with van der Waals surface area (Å²) in [6.07, 6.45) is 0. The number of hydrogen-bond acceptors (Lipinski definition) is 5. The van der Waals surface area contributed by atoms with Crippen molar-refractivity contribution in [3.8, 4) is 0 Å². The number of carboxylic acids is 1. The number of amides is 1. The number of aromatic nitrogens is 1. The third-order valence-corrected chi connectivity index (χ3v) is 2.53. The third kappa shape index (κ3) is 3.85. The minimum absolute atomic E-state index is 0.0275. The van der Waals surface area contributed by atoms with Crippen molar-refractivity contribution in [3.05, 3.63) is 11.1 Å². The molecule has 1 unspecified atom stereocenters. The van der Waals surface area contributed by atoms with Gasteiger partial charge >= 0.3 is 5.97 Å². The van der Waals surface area contributed by atoms with Crippen molar-refractivity contribution in [2.45, 2.75) is 19.9 Å². The second-order valence-electron chi connectivity index (χ2n) is 3.33. The zero-order valence-corrected chi connectivity index (χ0v) is 9.80. The Hall–Kier alpha value is -1.63. The van der Waals surface area contributed by atoms with Crippen LogP contribution in [0.5, 0.6) is 0 Å². The van der Waals surface area contributed by atoms with Crippen molar-refractivity contribution in [3.63, 3.8) is 0 Å². The SMILES string of the molecule is CC(=O)NC(C)CNc1nc(C(=O)O)cs1. The van der Waals surface area contributed by atoms with Gasteiger partial charge in [0.2, 0.25) is 5.91 Å². The van der Waals surface area contributed by atoms with E-state index in [9.17, 15) is 9.59 Å². The van der Waals surface area contributed by atoms with E-state index in [4.69, 9.17) is 5.11 Å². The zero-order valence-electron chi connectivity index (χ0n) is 8.98. The zero-order chi connectivity index (χ0) is 12.1.